The maximum atomic E-state index is 13.1. The Morgan fingerprint density at radius 3 is 2.76 bits per heavy atom. The van der Waals surface area contributed by atoms with E-state index in [0.29, 0.717) is 18.7 Å². The van der Waals surface area contributed by atoms with Crippen molar-refractivity contribution in [3.8, 4) is 18.1 Å². The molecule has 0 N–H and O–H groups in total. The summed E-state index contributed by atoms with van der Waals surface area (Å²) in [6.45, 7) is 1.09. The van der Waals surface area contributed by atoms with Crippen LogP contribution in [0.25, 0.3) is 5.57 Å². The molecule has 0 spiro atoms. The van der Waals surface area contributed by atoms with Gasteiger partial charge >= 0.3 is 0 Å². The quantitative estimate of drug-likeness (QED) is 0.770. The Balaban J connectivity index is 1.92. The van der Waals surface area contributed by atoms with E-state index < -0.39 is 0 Å². The van der Waals surface area contributed by atoms with Crippen molar-refractivity contribution >= 4 is 23.1 Å². The summed E-state index contributed by atoms with van der Waals surface area (Å²) in [7, 11) is 1.62. The predicted octanol–water partition coefficient (Wildman–Crippen LogP) is 3.71. The van der Waals surface area contributed by atoms with Gasteiger partial charge in [0.15, 0.2) is 5.78 Å². The van der Waals surface area contributed by atoms with Crippen LogP contribution in [0.3, 0.4) is 0 Å². The standard InChI is InChI=1S/C21H19NO2S/c1-3-12-22-14-19(16-8-7-9-17(13-16)24-2)21(23)20(15-22)25-18-10-5-4-6-11-18/h1,4-11,13-14,20H,12,15H2,2H3. The fourth-order valence-corrected chi connectivity index (χ4v) is 3.90. The van der Waals surface area contributed by atoms with Crippen LogP contribution in [0.5, 0.6) is 5.75 Å². The Hall–Kier alpha value is -2.64. The van der Waals surface area contributed by atoms with Crippen molar-refractivity contribution in [2.24, 2.45) is 0 Å². The summed E-state index contributed by atoms with van der Waals surface area (Å²) < 4.78 is 5.29. The van der Waals surface area contributed by atoms with Gasteiger partial charge in [0.2, 0.25) is 0 Å². The van der Waals surface area contributed by atoms with Gasteiger partial charge in [-0.05, 0) is 29.8 Å². The SMILES string of the molecule is C#CCN1C=C(c2cccc(OC)c2)C(=O)C(Sc2ccccc2)C1. The van der Waals surface area contributed by atoms with Crippen molar-refractivity contribution in [2.45, 2.75) is 10.1 Å². The van der Waals surface area contributed by atoms with Crippen molar-refractivity contribution in [1.82, 2.24) is 4.90 Å². The second kappa shape index (κ2) is 7.96. The number of carbonyl (C=O) groups is 1. The number of thioether (sulfide) groups is 1. The van der Waals surface area contributed by atoms with Crippen LogP contribution < -0.4 is 4.74 Å². The van der Waals surface area contributed by atoms with E-state index in [9.17, 15) is 4.79 Å². The molecule has 0 saturated carbocycles. The van der Waals surface area contributed by atoms with Crippen molar-refractivity contribution in [3.05, 3.63) is 66.4 Å². The number of carbonyl (C=O) groups excluding carboxylic acids is 1. The lowest BCUT2D eigenvalue weighted by molar-refractivity contribution is -0.113. The zero-order valence-corrected chi connectivity index (χ0v) is 14.8. The lowest BCUT2D eigenvalue weighted by Crippen LogP contribution is -2.37. The second-order valence-electron chi connectivity index (χ2n) is 5.69. The molecule has 3 nitrogen and oxygen atoms in total. The number of hydrogen-bond donors (Lipinski definition) is 0. The number of ketones is 1. The molecule has 1 aliphatic heterocycles. The second-order valence-corrected chi connectivity index (χ2v) is 6.97. The Kier molecular flexibility index (Phi) is 5.47. The molecule has 0 saturated heterocycles. The molecule has 2 aromatic rings. The minimum Gasteiger partial charge on any atom is -0.497 e. The highest BCUT2D eigenvalue weighted by Crippen LogP contribution is 2.33. The number of benzene rings is 2. The van der Waals surface area contributed by atoms with Gasteiger partial charge < -0.3 is 9.64 Å². The summed E-state index contributed by atoms with van der Waals surface area (Å²) in [4.78, 5) is 16.2. The van der Waals surface area contributed by atoms with Crippen LogP contribution in [0.4, 0.5) is 0 Å². The number of ether oxygens (including phenoxy) is 1. The number of nitrogens with zero attached hydrogens (tertiary/aromatic N) is 1. The molecule has 0 bridgehead atoms. The number of terminal acetylenes is 1. The van der Waals surface area contributed by atoms with Gasteiger partial charge in [0, 0.05) is 23.2 Å². The zero-order chi connectivity index (χ0) is 17.6. The first-order valence-corrected chi connectivity index (χ1v) is 8.89. The van der Waals surface area contributed by atoms with E-state index >= 15 is 0 Å². The van der Waals surface area contributed by atoms with E-state index in [1.54, 1.807) is 18.9 Å². The Labute approximate surface area is 152 Å². The minimum absolute atomic E-state index is 0.121. The summed E-state index contributed by atoms with van der Waals surface area (Å²) in [6.07, 6.45) is 7.36. The number of Topliss-reactive ketones (excluding diaryl/α,β-unsaturated/α-hetero) is 1. The topological polar surface area (TPSA) is 29.5 Å². The van der Waals surface area contributed by atoms with Gasteiger partial charge in [0.1, 0.15) is 5.75 Å². The van der Waals surface area contributed by atoms with Gasteiger partial charge in [0.05, 0.1) is 18.9 Å². The van der Waals surface area contributed by atoms with Gasteiger partial charge in [-0.15, -0.1) is 18.2 Å². The monoisotopic (exact) mass is 349 g/mol. The van der Waals surface area contributed by atoms with E-state index in [0.717, 1.165) is 16.2 Å². The molecule has 0 radical (unpaired) electrons. The third kappa shape index (κ3) is 4.07. The lowest BCUT2D eigenvalue weighted by atomic mass is 9.97. The van der Waals surface area contributed by atoms with Crippen LogP contribution in [0.15, 0.2) is 65.7 Å². The first kappa shape index (κ1) is 17.2. The number of allylic oxidation sites excluding steroid dienone is 1. The molecule has 1 heterocycles. The molecular formula is C21H19NO2S. The molecule has 1 aliphatic rings. The summed E-state index contributed by atoms with van der Waals surface area (Å²) in [5.74, 6) is 3.52. The van der Waals surface area contributed by atoms with Crippen LogP contribution in [0.1, 0.15) is 5.56 Å². The van der Waals surface area contributed by atoms with Crippen molar-refractivity contribution in [1.29, 1.82) is 0 Å². The van der Waals surface area contributed by atoms with Gasteiger partial charge in [-0.3, -0.25) is 4.79 Å². The van der Waals surface area contributed by atoms with Crippen LogP contribution in [-0.4, -0.2) is 36.1 Å². The third-order valence-corrected chi connectivity index (χ3v) is 5.16. The maximum Gasteiger partial charge on any atom is 0.180 e. The van der Waals surface area contributed by atoms with E-state index in [2.05, 4.69) is 5.92 Å². The molecule has 3 rings (SSSR count). The van der Waals surface area contributed by atoms with E-state index in [4.69, 9.17) is 11.2 Å². The normalized spacial score (nSPS) is 17.0. The first-order chi connectivity index (χ1) is 12.2. The van der Waals surface area contributed by atoms with Gasteiger partial charge in [-0.2, -0.15) is 0 Å². The number of methoxy groups -OCH3 is 1. The van der Waals surface area contributed by atoms with Crippen LogP contribution in [-0.2, 0) is 4.79 Å². The fraction of sp³-hybridized carbons (Fsp3) is 0.190. The van der Waals surface area contributed by atoms with Crippen LogP contribution in [0.2, 0.25) is 0 Å². The maximum absolute atomic E-state index is 13.1. The summed E-state index contributed by atoms with van der Waals surface area (Å²) in [5.41, 5.74) is 1.53. The largest absolute Gasteiger partial charge is 0.497 e. The lowest BCUT2D eigenvalue weighted by Gasteiger charge is -2.30. The van der Waals surface area contributed by atoms with Gasteiger partial charge in [-0.25, -0.2) is 0 Å². The van der Waals surface area contributed by atoms with Gasteiger partial charge in [0.25, 0.3) is 0 Å². The Morgan fingerprint density at radius 2 is 2.04 bits per heavy atom. The molecule has 1 unspecified atom stereocenters. The van der Waals surface area contributed by atoms with E-state index in [1.807, 2.05) is 65.7 Å². The molecule has 126 valence electrons. The Morgan fingerprint density at radius 1 is 1.24 bits per heavy atom. The molecule has 25 heavy (non-hydrogen) atoms. The average Bonchev–Trinajstić information content (AvgIpc) is 2.65. The fourth-order valence-electron chi connectivity index (χ4n) is 2.76. The smallest absolute Gasteiger partial charge is 0.180 e. The molecule has 1 atom stereocenters. The summed E-state index contributed by atoms with van der Waals surface area (Å²) in [6, 6.07) is 17.5. The van der Waals surface area contributed by atoms with Gasteiger partial charge in [-0.1, -0.05) is 36.3 Å². The van der Waals surface area contributed by atoms with Crippen molar-refractivity contribution in [3.63, 3.8) is 0 Å². The molecule has 0 amide bonds. The van der Waals surface area contributed by atoms with Crippen molar-refractivity contribution in [2.75, 3.05) is 20.2 Å². The highest BCUT2D eigenvalue weighted by molar-refractivity contribution is 8.00. The van der Waals surface area contributed by atoms with Crippen LogP contribution in [0, 0.1) is 12.3 Å². The third-order valence-electron chi connectivity index (χ3n) is 3.97. The zero-order valence-electron chi connectivity index (χ0n) is 14.0. The molecular weight excluding hydrogens is 330 g/mol. The summed E-state index contributed by atoms with van der Waals surface area (Å²) >= 11 is 1.58. The predicted molar refractivity (Wildman–Crippen MR) is 102 cm³/mol. The van der Waals surface area contributed by atoms with E-state index in [-0.39, 0.29) is 11.0 Å². The summed E-state index contributed by atoms with van der Waals surface area (Å²) in [5, 5.41) is -0.193. The first-order valence-electron chi connectivity index (χ1n) is 8.01. The number of hydrogen-bond acceptors (Lipinski definition) is 4. The molecule has 0 fully saturated rings. The molecule has 0 aliphatic carbocycles. The molecule has 2 aromatic carbocycles. The minimum atomic E-state index is -0.193. The van der Waals surface area contributed by atoms with Crippen molar-refractivity contribution < 1.29 is 9.53 Å². The van der Waals surface area contributed by atoms with Crippen LogP contribution >= 0.6 is 11.8 Å². The Bertz CT molecular complexity index is 823. The highest BCUT2D eigenvalue weighted by atomic mass is 32.2. The molecule has 4 heteroatoms. The molecule has 0 aromatic heterocycles. The number of rotatable bonds is 5. The van der Waals surface area contributed by atoms with E-state index in [1.165, 1.54) is 0 Å². The average molecular weight is 349 g/mol. The highest BCUT2D eigenvalue weighted by Gasteiger charge is 2.30.